The Labute approximate surface area is 428 Å². The molecular formula is C70H42N4. The summed E-state index contributed by atoms with van der Waals surface area (Å²) in [6.07, 6.45) is 0. The van der Waals surface area contributed by atoms with E-state index in [0.29, 0.717) is 23.0 Å². The first-order chi connectivity index (χ1) is 36.6. The maximum atomic E-state index is 10.1. The number of rotatable bonds is 8. The Bertz CT molecular complexity index is 4390. The van der Waals surface area contributed by atoms with Crippen LogP contribution in [0, 0.1) is 11.3 Å². The molecule has 0 radical (unpaired) electrons. The van der Waals surface area contributed by atoms with Crippen molar-refractivity contribution in [3.05, 3.63) is 260 Å². The predicted octanol–water partition coefficient (Wildman–Crippen LogP) is 18.2. The summed E-state index contributed by atoms with van der Waals surface area (Å²) in [7, 11) is 0. The molecule has 1 aliphatic rings. The average molecular weight is 939 g/mol. The summed E-state index contributed by atoms with van der Waals surface area (Å²) in [5, 5.41) is 17.5. The first-order valence-corrected chi connectivity index (χ1v) is 25.0. The summed E-state index contributed by atoms with van der Waals surface area (Å²) < 4.78 is 0. The van der Waals surface area contributed by atoms with Gasteiger partial charge in [-0.05, 0) is 141 Å². The van der Waals surface area contributed by atoms with E-state index in [1.807, 2.05) is 42.5 Å². The largest absolute Gasteiger partial charge is 0.208 e. The predicted molar refractivity (Wildman–Crippen MR) is 305 cm³/mol. The van der Waals surface area contributed by atoms with E-state index in [1.54, 1.807) is 0 Å². The number of aromatic nitrogens is 3. The number of nitrogens with zero attached hydrogens (tertiary/aromatic N) is 4. The molecule has 14 rings (SSSR count). The standard InChI is InChI=1S/C70H42N4/c71-43-44-27-36-57(47-34-32-46(33-35-47)56-37-38-64-60-23-8-7-22-59(60)63-26-12-25-62(56)67(63)64)65(39-44)48-30-28-45(29-31-48)50-16-10-18-53(40-50)69-72-68(49-13-2-1-3-14-49)73-70(74-69)54-19-11-17-51(41-54)66-42-52-15-4-5-20-55(52)58-21-6-9-24-61(58)66/h1-42H. The molecular weight excluding hydrogens is 897 g/mol. The van der Waals surface area contributed by atoms with E-state index in [-0.39, 0.29) is 0 Å². The summed E-state index contributed by atoms with van der Waals surface area (Å²) in [4.78, 5) is 15.4. The monoisotopic (exact) mass is 938 g/mol. The second-order valence-corrected chi connectivity index (χ2v) is 19.0. The molecule has 0 N–H and O–H groups in total. The summed E-state index contributed by atoms with van der Waals surface area (Å²) in [5.74, 6) is 1.81. The number of hydrogen-bond donors (Lipinski definition) is 0. The van der Waals surface area contributed by atoms with Crippen LogP contribution in [0.15, 0.2) is 255 Å². The van der Waals surface area contributed by atoms with Gasteiger partial charge in [0.15, 0.2) is 17.5 Å². The molecule has 0 amide bonds. The smallest absolute Gasteiger partial charge is 0.164 e. The quantitative estimate of drug-likeness (QED) is 0.142. The number of nitriles is 1. The number of benzene rings is 12. The van der Waals surface area contributed by atoms with Gasteiger partial charge in [0.05, 0.1) is 11.6 Å². The first-order valence-electron chi connectivity index (χ1n) is 25.0. The summed E-state index contributed by atoms with van der Waals surface area (Å²) in [6, 6.07) is 92.3. The van der Waals surface area contributed by atoms with Crippen LogP contribution >= 0.6 is 0 Å². The van der Waals surface area contributed by atoms with Gasteiger partial charge in [-0.3, -0.25) is 0 Å². The van der Waals surface area contributed by atoms with Gasteiger partial charge in [0.1, 0.15) is 0 Å². The molecule has 74 heavy (non-hydrogen) atoms. The van der Waals surface area contributed by atoms with Crippen molar-refractivity contribution in [1.29, 1.82) is 5.26 Å². The molecule has 1 aliphatic carbocycles. The van der Waals surface area contributed by atoms with Crippen LogP contribution in [0.2, 0.25) is 0 Å². The molecule has 0 fully saturated rings. The highest BCUT2D eigenvalue weighted by atomic mass is 15.0. The van der Waals surface area contributed by atoms with Gasteiger partial charge in [-0.1, -0.05) is 224 Å². The lowest BCUT2D eigenvalue weighted by Crippen LogP contribution is -2.00. The van der Waals surface area contributed by atoms with E-state index in [1.165, 1.54) is 65.7 Å². The van der Waals surface area contributed by atoms with Crippen LogP contribution in [0.1, 0.15) is 5.56 Å². The molecule has 0 unspecified atom stereocenters. The maximum absolute atomic E-state index is 10.1. The van der Waals surface area contributed by atoms with Gasteiger partial charge in [-0.15, -0.1) is 0 Å². The molecule has 0 spiro atoms. The first kappa shape index (κ1) is 42.8. The lowest BCUT2D eigenvalue weighted by Gasteiger charge is -2.14. The Morgan fingerprint density at radius 1 is 0.243 bits per heavy atom. The van der Waals surface area contributed by atoms with Crippen molar-refractivity contribution in [1.82, 2.24) is 15.0 Å². The highest BCUT2D eigenvalue weighted by Crippen LogP contribution is 2.49. The topological polar surface area (TPSA) is 62.5 Å². The second-order valence-electron chi connectivity index (χ2n) is 19.0. The Morgan fingerprint density at radius 2 is 0.716 bits per heavy atom. The summed E-state index contributed by atoms with van der Waals surface area (Å²) >= 11 is 0. The fourth-order valence-electron chi connectivity index (χ4n) is 11.1. The van der Waals surface area contributed by atoms with Gasteiger partial charge >= 0.3 is 0 Å². The number of fused-ring (bicyclic) bond motifs is 6. The Balaban J connectivity index is 0.792. The van der Waals surface area contributed by atoms with Crippen LogP contribution < -0.4 is 0 Å². The van der Waals surface area contributed by atoms with Crippen LogP contribution in [-0.4, -0.2) is 15.0 Å². The minimum atomic E-state index is 0.595. The summed E-state index contributed by atoms with van der Waals surface area (Å²) in [5.41, 5.74) is 19.4. The highest BCUT2D eigenvalue weighted by molar-refractivity contribution is 6.19. The zero-order chi connectivity index (χ0) is 49.1. The van der Waals surface area contributed by atoms with E-state index >= 15 is 0 Å². The average Bonchev–Trinajstić information content (AvgIpc) is 3.82. The van der Waals surface area contributed by atoms with Gasteiger partial charge in [0, 0.05) is 16.7 Å². The van der Waals surface area contributed by atoms with E-state index in [0.717, 1.165) is 61.2 Å². The lowest BCUT2D eigenvalue weighted by atomic mass is 9.90. The van der Waals surface area contributed by atoms with Crippen molar-refractivity contribution in [3.8, 4) is 118 Å². The third-order valence-corrected chi connectivity index (χ3v) is 14.7. The third-order valence-electron chi connectivity index (χ3n) is 14.7. The molecule has 12 aromatic carbocycles. The Hall–Kier alpha value is -10.1. The van der Waals surface area contributed by atoms with E-state index < -0.39 is 0 Å². The van der Waals surface area contributed by atoms with Crippen LogP contribution in [-0.2, 0) is 0 Å². The van der Waals surface area contributed by atoms with E-state index in [2.05, 4.69) is 218 Å². The highest BCUT2D eigenvalue weighted by Gasteiger charge is 2.23. The normalized spacial score (nSPS) is 11.5. The molecule has 0 aliphatic heterocycles. The van der Waals surface area contributed by atoms with Gasteiger partial charge in [0.2, 0.25) is 0 Å². The zero-order valence-corrected chi connectivity index (χ0v) is 40.0. The minimum Gasteiger partial charge on any atom is -0.208 e. The van der Waals surface area contributed by atoms with Gasteiger partial charge in [-0.25, -0.2) is 15.0 Å². The maximum Gasteiger partial charge on any atom is 0.164 e. The van der Waals surface area contributed by atoms with E-state index in [4.69, 9.17) is 15.0 Å². The molecule has 0 bridgehead atoms. The van der Waals surface area contributed by atoms with Crippen LogP contribution in [0.25, 0.3) is 144 Å². The minimum absolute atomic E-state index is 0.595. The van der Waals surface area contributed by atoms with Crippen LogP contribution in [0.4, 0.5) is 0 Å². The van der Waals surface area contributed by atoms with Crippen LogP contribution in [0.3, 0.4) is 0 Å². The van der Waals surface area contributed by atoms with Crippen molar-refractivity contribution >= 4 is 32.3 Å². The van der Waals surface area contributed by atoms with Crippen molar-refractivity contribution < 1.29 is 0 Å². The lowest BCUT2D eigenvalue weighted by molar-refractivity contribution is 1.07. The fraction of sp³-hybridized carbons (Fsp3) is 0. The van der Waals surface area contributed by atoms with Gasteiger partial charge < -0.3 is 0 Å². The molecule has 0 saturated heterocycles. The van der Waals surface area contributed by atoms with Gasteiger partial charge in [0.25, 0.3) is 0 Å². The molecule has 4 heteroatoms. The molecule has 1 heterocycles. The van der Waals surface area contributed by atoms with Crippen molar-refractivity contribution in [3.63, 3.8) is 0 Å². The fourth-order valence-corrected chi connectivity index (χ4v) is 11.1. The van der Waals surface area contributed by atoms with Crippen molar-refractivity contribution in [2.24, 2.45) is 0 Å². The Kier molecular flexibility index (Phi) is 10.2. The Morgan fingerprint density at radius 3 is 1.43 bits per heavy atom. The van der Waals surface area contributed by atoms with Crippen LogP contribution in [0.5, 0.6) is 0 Å². The molecule has 0 saturated carbocycles. The van der Waals surface area contributed by atoms with Crippen molar-refractivity contribution in [2.45, 2.75) is 0 Å². The number of hydrogen-bond acceptors (Lipinski definition) is 4. The molecule has 0 atom stereocenters. The molecule has 4 nitrogen and oxygen atoms in total. The zero-order valence-electron chi connectivity index (χ0n) is 40.0. The SMILES string of the molecule is N#Cc1ccc(-c2ccc(-c3ccc4c5c(cccc35)-c3ccccc3-4)cc2)c(-c2ccc(-c3cccc(-c4nc(-c5ccccc5)nc(-c5cccc(-c6cc7ccccc7c7ccccc67)c5)n4)c3)cc2)c1. The second kappa shape index (κ2) is 17.6. The molecule has 342 valence electrons. The summed E-state index contributed by atoms with van der Waals surface area (Å²) in [6.45, 7) is 0. The third kappa shape index (κ3) is 7.34. The molecule has 13 aromatic rings. The van der Waals surface area contributed by atoms with Gasteiger partial charge in [-0.2, -0.15) is 5.26 Å². The van der Waals surface area contributed by atoms with Crippen molar-refractivity contribution in [2.75, 3.05) is 0 Å². The molecule has 1 aromatic heterocycles. The van der Waals surface area contributed by atoms with E-state index in [9.17, 15) is 5.26 Å².